The zero-order chi connectivity index (χ0) is 14.4. The molecule has 108 valence electrons. The Labute approximate surface area is 123 Å². The van der Waals surface area contributed by atoms with Gasteiger partial charge in [-0.3, -0.25) is 0 Å². The van der Waals surface area contributed by atoms with Gasteiger partial charge in [0.15, 0.2) is 0 Å². The number of hydrogen-bond acceptors (Lipinski definition) is 6. The van der Waals surface area contributed by atoms with Gasteiger partial charge >= 0.3 is 0 Å². The van der Waals surface area contributed by atoms with Gasteiger partial charge < -0.3 is 10.6 Å². The van der Waals surface area contributed by atoms with Crippen molar-refractivity contribution in [1.29, 1.82) is 0 Å². The molecular weight excluding hydrogens is 270 g/mol. The zero-order valence-electron chi connectivity index (χ0n) is 12.2. The maximum atomic E-state index is 4.51. The molecule has 0 fully saturated rings. The molecule has 20 heavy (non-hydrogen) atoms. The SMILES string of the molecule is CCCNc1cc(NCc2scnc2C)nc(CC)n1. The highest BCUT2D eigenvalue weighted by Crippen LogP contribution is 2.16. The molecule has 0 aromatic carbocycles. The number of thiazole rings is 1. The van der Waals surface area contributed by atoms with Crippen LogP contribution in [0.2, 0.25) is 0 Å². The Hall–Kier alpha value is -1.69. The van der Waals surface area contributed by atoms with Crippen LogP contribution < -0.4 is 10.6 Å². The molecule has 0 unspecified atom stereocenters. The van der Waals surface area contributed by atoms with Gasteiger partial charge in [0.2, 0.25) is 0 Å². The van der Waals surface area contributed by atoms with E-state index in [1.165, 1.54) is 4.88 Å². The maximum Gasteiger partial charge on any atom is 0.132 e. The van der Waals surface area contributed by atoms with Crippen LogP contribution in [0.3, 0.4) is 0 Å². The molecule has 0 aliphatic carbocycles. The third kappa shape index (κ3) is 3.90. The van der Waals surface area contributed by atoms with Crippen LogP contribution in [0.4, 0.5) is 11.6 Å². The Bertz CT molecular complexity index is 552. The standard InChI is InChI=1S/C14H21N5S/c1-4-6-15-13-7-14(19-12(5-2)18-13)16-8-11-10(3)17-9-20-11/h7,9H,4-6,8H2,1-3H3,(H2,15,16,18,19). The first-order valence-electron chi connectivity index (χ1n) is 6.97. The summed E-state index contributed by atoms with van der Waals surface area (Å²) in [6, 6.07) is 1.96. The lowest BCUT2D eigenvalue weighted by Gasteiger charge is -2.10. The molecule has 0 aliphatic rings. The molecule has 0 spiro atoms. The van der Waals surface area contributed by atoms with Crippen LogP contribution in [-0.2, 0) is 13.0 Å². The van der Waals surface area contributed by atoms with Crippen LogP contribution in [-0.4, -0.2) is 21.5 Å². The molecule has 0 radical (unpaired) electrons. The van der Waals surface area contributed by atoms with E-state index in [1.54, 1.807) is 11.3 Å². The minimum Gasteiger partial charge on any atom is -0.370 e. The number of hydrogen-bond donors (Lipinski definition) is 2. The lowest BCUT2D eigenvalue weighted by Crippen LogP contribution is -2.08. The fourth-order valence-electron chi connectivity index (χ4n) is 1.76. The van der Waals surface area contributed by atoms with Gasteiger partial charge in [-0.15, -0.1) is 11.3 Å². The van der Waals surface area contributed by atoms with Crippen molar-refractivity contribution in [2.45, 2.75) is 40.2 Å². The van der Waals surface area contributed by atoms with Crippen molar-refractivity contribution in [3.05, 3.63) is 28.0 Å². The van der Waals surface area contributed by atoms with Gasteiger partial charge in [-0.2, -0.15) is 0 Å². The first kappa shape index (κ1) is 14.7. The summed E-state index contributed by atoms with van der Waals surface area (Å²) in [4.78, 5) is 14.5. The monoisotopic (exact) mass is 291 g/mol. The van der Waals surface area contributed by atoms with Gasteiger partial charge in [0.1, 0.15) is 17.5 Å². The lowest BCUT2D eigenvalue weighted by molar-refractivity contribution is 0.913. The zero-order valence-corrected chi connectivity index (χ0v) is 13.0. The molecule has 0 bridgehead atoms. The normalized spacial score (nSPS) is 10.6. The molecule has 0 atom stereocenters. The second kappa shape index (κ2) is 7.19. The molecule has 0 saturated heterocycles. The number of aromatic nitrogens is 3. The fraction of sp³-hybridized carbons (Fsp3) is 0.500. The van der Waals surface area contributed by atoms with Crippen molar-refractivity contribution < 1.29 is 0 Å². The molecule has 6 heteroatoms. The van der Waals surface area contributed by atoms with Gasteiger partial charge in [-0.05, 0) is 13.3 Å². The molecule has 2 aromatic rings. The average Bonchev–Trinajstić information content (AvgIpc) is 2.88. The number of rotatable bonds is 7. The van der Waals surface area contributed by atoms with Crippen molar-refractivity contribution in [2.75, 3.05) is 17.2 Å². The predicted octanol–water partition coefficient (Wildman–Crippen LogP) is 3.24. The van der Waals surface area contributed by atoms with E-state index in [1.807, 2.05) is 18.5 Å². The number of anilines is 2. The fourth-order valence-corrected chi connectivity index (χ4v) is 2.47. The summed E-state index contributed by atoms with van der Waals surface area (Å²) in [7, 11) is 0. The number of aryl methyl sites for hydroxylation is 2. The summed E-state index contributed by atoms with van der Waals surface area (Å²) >= 11 is 1.66. The van der Waals surface area contributed by atoms with E-state index in [0.717, 1.165) is 49.1 Å². The highest BCUT2D eigenvalue weighted by atomic mass is 32.1. The molecule has 2 rings (SSSR count). The van der Waals surface area contributed by atoms with E-state index in [9.17, 15) is 0 Å². The molecule has 2 aromatic heterocycles. The largest absolute Gasteiger partial charge is 0.370 e. The van der Waals surface area contributed by atoms with Gasteiger partial charge in [0, 0.05) is 23.9 Å². The minimum atomic E-state index is 0.754. The van der Waals surface area contributed by atoms with Crippen LogP contribution >= 0.6 is 11.3 Å². The van der Waals surface area contributed by atoms with Gasteiger partial charge in [0.25, 0.3) is 0 Å². The van der Waals surface area contributed by atoms with E-state index in [0.29, 0.717) is 0 Å². The average molecular weight is 291 g/mol. The van der Waals surface area contributed by atoms with Gasteiger partial charge in [0.05, 0.1) is 17.7 Å². The molecular formula is C14H21N5S. The second-order valence-corrected chi connectivity index (χ2v) is 5.49. The quantitative estimate of drug-likeness (QED) is 0.820. The topological polar surface area (TPSA) is 62.7 Å². The predicted molar refractivity (Wildman–Crippen MR) is 84.4 cm³/mol. The van der Waals surface area contributed by atoms with E-state index in [2.05, 4.69) is 39.4 Å². The first-order chi connectivity index (χ1) is 9.72. The Morgan fingerprint density at radius 1 is 1.15 bits per heavy atom. The van der Waals surface area contributed by atoms with Crippen molar-refractivity contribution in [3.63, 3.8) is 0 Å². The molecule has 5 nitrogen and oxygen atoms in total. The highest BCUT2D eigenvalue weighted by molar-refractivity contribution is 7.09. The Balaban J connectivity index is 2.07. The Morgan fingerprint density at radius 2 is 1.90 bits per heavy atom. The lowest BCUT2D eigenvalue weighted by atomic mass is 10.3. The van der Waals surface area contributed by atoms with Crippen LogP contribution in [0.15, 0.2) is 11.6 Å². The summed E-state index contributed by atoms with van der Waals surface area (Å²) < 4.78 is 0. The summed E-state index contributed by atoms with van der Waals surface area (Å²) in [5.74, 6) is 2.61. The Kier molecular flexibility index (Phi) is 5.29. The van der Waals surface area contributed by atoms with E-state index in [4.69, 9.17) is 0 Å². The van der Waals surface area contributed by atoms with E-state index < -0.39 is 0 Å². The van der Waals surface area contributed by atoms with Crippen LogP contribution in [0.25, 0.3) is 0 Å². The third-order valence-corrected chi connectivity index (χ3v) is 3.85. The molecule has 2 heterocycles. The van der Waals surface area contributed by atoms with Crippen molar-refractivity contribution in [2.24, 2.45) is 0 Å². The third-order valence-electron chi connectivity index (χ3n) is 2.92. The number of nitrogens with one attached hydrogen (secondary N) is 2. The van der Waals surface area contributed by atoms with Gasteiger partial charge in [-0.25, -0.2) is 15.0 Å². The van der Waals surface area contributed by atoms with E-state index >= 15 is 0 Å². The second-order valence-electron chi connectivity index (χ2n) is 4.55. The Morgan fingerprint density at radius 3 is 2.50 bits per heavy atom. The summed E-state index contributed by atoms with van der Waals surface area (Å²) in [6.45, 7) is 7.91. The minimum absolute atomic E-state index is 0.754. The molecule has 0 saturated carbocycles. The van der Waals surface area contributed by atoms with Gasteiger partial charge in [-0.1, -0.05) is 13.8 Å². The summed E-state index contributed by atoms with van der Waals surface area (Å²) in [6.07, 6.45) is 1.91. The smallest absolute Gasteiger partial charge is 0.132 e. The molecule has 0 aliphatic heterocycles. The van der Waals surface area contributed by atoms with Crippen LogP contribution in [0, 0.1) is 6.92 Å². The van der Waals surface area contributed by atoms with Crippen LogP contribution in [0.1, 0.15) is 36.7 Å². The summed E-state index contributed by atoms with van der Waals surface area (Å²) in [5, 5.41) is 6.67. The maximum absolute atomic E-state index is 4.51. The summed E-state index contributed by atoms with van der Waals surface area (Å²) in [5.41, 5.74) is 2.95. The van der Waals surface area contributed by atoms with E-state index in [-0.39, 0.29) is 0 Å². The van der Waals surface area contributed by atoms with Crippen LogP contribution in [0.5, 0.6) is 0 Å². The number of nitrogens with zero attached hydrogens (tertiary/aromatic N) is 3. The van der Waals surface area contributed by atoms with Crippen molar-refractivity contribution in [3.8, 4) is 0 Å². The van der Waals surface area contributed by atoms with Crippen molar-refractivity contribution in [1.82, 2.24) is 15.0 Å². The highest BCUT2D eigenvalue weighted by Gasteiger charge is 2.05. The first-order valence-corrected chi connectivity index (χ1v) is 7.85. The molecule has 2 N–H and O–H groups in total. The van der Waals surface area contributed by atoms with Crippen molar-refractivity contribution >= 4 is 23.0 Å². The molecule has 0 amide bonds.